The third kappa shape index (κ3) is 56.9. The number of allylic oxidation sites excluding steroid dienone is 10. The van der Waals surface area contributed by atoms with Crippen LogP contribution in [0.5, 0.6) is 0 Å². The molecule has 0 heterocycles. The van der Waals surface area contributed by atoms with E-state index in [2.05, 4.69) is 81.5 Å². The van der Waals surface area contributed by atoms with Crippen LogP contribution in [0.1, 0.15) is 252 Å². The number of phosphoric ester groups is 2. The van der Waals surface area contributed by atoms with Gasteiger partial charge in [-0.25, -0.2) is 9.13 Å². The summed E-state index contributed by atoms with van der Waals surface area (Å²) < 4.78 is 60.6. The van der Waals surface area contributed by atoms with Crippen LogP contribution in [0.25, 0.3) is 0 Å². The molecular weight excluding hydrogens is 1050 g/mol. The number of hydrogen-bond donors (Lipinski definition) is 4. The van der Waals surface area contributed by atoms with Crippen molar-refractivity contribution in [2.24, 2.45) is 0 Å². The highest BCUT2D eigenvalue weighted by atomic mass is 31.2. The highest BCUT2D eigenvalue weighted by molar-refractivity contribution is 7.47. The number of aliphatic hydroxyl groups is 2. The Balaban J connectivity index is 4.67. The molecule has 0 rings (SSSR count). The Bertz CT molecular complexity index is 1700. The van der Waals surface area contributed by atoms with Crippen molar-refractivity contribution in [2.45, 2.75) is 270 Å². The third-order valence-corrected chi connectivity index (χ3v) is 14.6. The molecule has 0 aliphatic heterocycles. The van der Waals surface area contributed by atoms with Crippen molar-refractivity contribution in [2.75, 3.05) is 39.6 Å². The summed E-state index contributed by atoms with van der Waals surface area (Å²) in [5, 5.41) is 20.4. The van der Waals surface area contributed by atoms with Crippen molar-refractivity contribution in [3.05, 3.63) is 60.8 Å². The molecule has 0 aromatic carbocycles. The topological polar surface area (TPSA) is 231 Å². The summed E-state index contributed by atoms with van der Waals surface area (Å²) in [4.78, 5) is 58.1. The Kier molecular flexibility index (Phi) is 53.8. The second kappa shape index (κ2) is 55.8. The number of esters is 3. The van der Waals surface area contributed by atoms with Crippen LogP contribution in [0.2, 0.25) is 0 Å². The van der Waals surface area contributed by atoms with Crippen LogP contribution >= 0.6 is 15.6 Å². The molecule has 0 aromatic heterocycles. The number of carbonyl (C=O) groups is 3. The summed E-state index contributed by atoms with van der Waals surface area (Å²) in [7, 11) is -9.76. The summed E-state index contributed by atoms with van der Waals surface area (Å²) in [5.74, 6) is -1.60. The monoisotopic (exact) mass is 1160 g/mol. The quantitative estimate of drug-likeness (QED) is 0.0146. The maximum absolute atomic E-state index is 12.8. The second-order valence-corrected chi connectivity index (χ2v) is 23.4. The van der Waals surface area contributed by atoms with E-state index in [9.17, 15) is 43.5 Å². The molecule has 0 bridgehead atoms. The largest absolute Gasteiger partial charge is 0.472 e. The van der Waals surface area contributed by atoms with Gasteiger partial charge in [-0.05, 0) is 83.5 Å². The fraction of sp³-hybridized carbons (Fsp3) is 0.787. The maximum atomic E-state index is 12.8. The summed E-state index contributed by atoms with van der Waals surface area (Å²) >= 11 is 0. The molecule has 0 aliphatic rings. The number of aliphatic hydroxyl groups excluding tert-OH is 2. The van der Waals surface area contributed by atoms with Gasteiger partial charge in [0.2, 0.25) is 0 Å². The Morgan fingerprint density at radius 1 is 0.367 bits per heavy atom. The van der Waals surface area contributed by atoms with Gasteiger partial charge in [0.25, 0.3) is 0 Å². The third-order valence-electron chi connectivity index (χ3n) is 12.7. The first-order valence-electron chi connectivity index (χ1n) is 30.6. The van der Waals surface area contributed by atoms with Crippen molar-refractivity contribution in [1.82, 2.24) is 0 Å². The Hall–Kier alpha value is -2.75. The van der Waals surface area contributed by atoms with Gasteiger partial charge in [0.05, 0.1) is 26.4 Å². The lowest BCUT2D eigenvalue weighted by molar-refractivity contribution is -0.161. The van der Waals surface area contributed by atoms with Crippen LogP contribution in [-0.2, 0) is 55.8 Å². The van der Waals surface area contributed by atoms with Crippen molar-refractivity contribution < 1.29 is 75.8 Å². The van der Waals surface area contributed by atoms with Gasteiger partial charge >= 0.3 is 33.6 Å². The zero-order valence-corrected chi connectivity index (χ0v) is 51.1. The predicted octanol–water partition coefficient (Wildman–Crippen LogP) is 15.9. The molecule has 5 unspecified atom stereocenters. The van der Waals surface area contributed by atoms with E-state index in [-0.39, 0.29) is 19.3 Å². The number of rotatable bonds is 58. The zero-order chi connectivity index (χ0) is 58.2. The van der Waals surface area contributed by atoms with Crippen molar-refractivity contribution in [1.29, 1.82) is 0 Å². The molecule has 16 nitrogen and oxygen atoms in total. The van der Waals surface area contributed by atoms with Crippen molar-refractivity contribution in [3.63, 3.8) is 0 Å². The van der Waals surface area contributed by atoms with Crippen LogP contribution in [0.15, 0.2) is 60.8 Å². The average Bonchev–Trinajstić information content (AvgIpc) is 3.42. The fourth-order valence-electron chi connectivity index (χ4n) is 8.03. The Morgan fingerprint density at radius 2 is 0.671 bits per heavy atom. The van der Waals surface area contributed by atoms with Gasteiger partial charge in [-0.15, -0.1) is 0 Å². The van der Waals surface area contributed by atoms with Crippen LogP contribution in [0, 0.1) is 0 Å². The average molecular weight is 1160 g/mol. The van der Waals surface area contributed by atoms with Gasteiger partial charge in [-0.1, -0.05) is 210 Å². The normalized spacial score (nSPS) is 14.9. The van der Waals surface area contributed by atoms with Crippen molar-refractivity contribution >= 4 is 33.6 Å². The standard InChI is InChI=1S/C61H110O16P2/c1-4-7-10-13-16-19-22-25-26-27-28-31-33-35-38-41-44-47-59(64)71-50-56(62)51-73-78(67,68)74-52-57(63)53-75-79(69,70)76-55-58(77-61(66)49-46-43-40-37-34-30-24-21-18-15-12-9-6-3)54-72-60(65)48-45-42-39-36-32-29-23-20-17-14-11-8-5-2/h7,10,16,19-20,23,25-26,28,31,56-58,62-63H,4-6,8-9,11-15,17-18,21-22,24,27,29-30,32-55H2,1-3H3,(H,67,68)(H,69,70)/b10-7-,19-16-,23-20-,26-25-,31-28-. The molecule has 0 aromatic rings. The van der Waals surface area contributed by atoms with Crippen molar-refractivity contribution in [3.8, 4) is 0 Å². The highest BCUT2D eigenvalue weighted by Gasteiger charge is 2.29. The minimum atomic E-state index is -4.91. The lowest BCUT2D eigenvalue weighted by Crippen LogP contribution is -2.30. The van der Waals surface area contributed by atoms with E-state index in [1.165, 1.54) is 77.0 Å². The summed E-state index contributed by atoms with van der Waals surface area (Å²) in [5.41, 5.74) is 0. The molecule has 0 aliphatic carbocycles. The SMILES string of the molecule is CC/C=C\C/C=C\C/C=C\C/C=C\CCCCCCC(=O)OCC(O)COP(=O)(O)OCC(O)COP(=O)(O)OCC(COC(=O)CCCCCCC/C=C\CCCCCC)OC(=O)CCCCCCCCCCCCCCC. The summed E-state index contributed by atoms with van der Waals surface area (Å²) in [6.07, 6.45) is 52.9. The van der Waals surface area contributed by atoms with Crippen LogP contribution in [-0.4, -0.2) is 95.9 Å². The van der Waals surface area contributed by atoms with Gasteiger partial charge < -0.3 is 34.2 Å². The molecule has 460 valence electrons. The zero-order valence-electron chi connectivity index (χ0n) is 49.3. The molecule has 0 saturated heterocycles. The molecule has 0 spiro atoms. The number of phosphoric acid groups is 2. The van der Waals surface area contributed by atoms with E-state index in [1.807, 2.05) is 0 Å². The van der Waals surface area contributed by atoms with Gasteiger partial charge in [0.1, 0.15) is 25.4 Å². The number of unbranched alkanes of at least 4 members (excludes halogenated alkanes) is 25. The minimum Gasteiger partial charge on any atom is -0.463 e. The lowest BCUT2D eigenvalue weighted by Gasteiger charge is -2.21. The van der Waals surface area contributed by atoms with E-state index >= 15 is 0 Å². The molecule has 5 atom stereocenters. The molecule has 0 fully saturated rings. The van der Waals surface area contributed by atoms with E-state index in [0.29, 0.717) is 19.3 Å². The van der Waals surface area contributed by atoms with Crippen LogP contribution in [0.4, 0.5) is 0 Å². The first-order chi connectivity index (χ1) is 38.2. The van der Waals surface area contributed by atoms with Gasteiger partial charge in [-0.2, -0.15) is 0 Å². The van der Waals surface area contributed by atoms with Crippen LogP contribution in [0.3, 0.4) is 0 Å². The smallest absolute Gasteiger partial charge is 0.463 e. The Morgan fingerprint density at radius 3 is 1.09 bits per heavy atom. The van der Waals surface area contributed by atoms with E-state index in [4.69, 9.17) is 32.3 Å². The van der Waals surface area contributed by atoms with Crippen LogP contribution < -0.4 is 0 Å². The summed E-state index contributed by atoms with van der Waals surface area (Å²) in [6, 6.07) is 0. The van der Waals surface area contributed by atoms with E-state index in [1.54, 1.807) is 0 Å². The molecule has 0 saturated carbocycles. The first-order valence-corrected chi connectivity index (χ1v) is 33.6. The molecule has 0 radical (unpaired) electrons. The number of ether oxygens (including phenoxy) is 3. The lowest BCUT2D eigenvalue weighted by atomic mass is 10.0. The first kappa shape index (κ1) is 76.2. The minimum absolute atomic E-state index is 0.108. The number of carbonyl (C=O) groups excluding carboxylic acids is 3. The maximum Gasteiger partial charge on any atom is 0.472 e. The molecule has 0 amide bonds. The van der Waals surface area contributed by atoms with Gasteiger partial charge in [0.15, 0.2) is 6.10 Å². The molecule has 18 heteroatoms. The molecule has 79 heavy (non-hydrogen) atoms. The summed E-state index contributed by atoms with van der Waals surface area (Å²) in [6.45, 7) is 2.49. The second-order valence-electron chi connectivity index (χ2n) is 20.5. The van der Waals surface area contributed by atoms with E-state index < -0.39 is 91.5 Å². The van der Waals surface area contributed by atoms with Gasteiger partial charge in [-0.3, -0.25) is 32.5 Å². The molecule has 4 N–H and O–H groups in total. The van der Waals surface area contributed by atoms with Gasteiger partial charge in [0, 0.05) is 19.3 Å². The van der Waals surface area contributed by atoms with E-state index in [0.717, 1.165) is 116 Å². The number of hydrogen-bond acceptors (Lipinski definition) is 14. The highest BCUT2D eigenvalue weighted by Crippen LogP contribution is 2.45. The Labute approximate surface area is 478 Å². The molecular formula is C61H110O16P2. The fourth-order valence-corrected chi connectivity index (χ4v) is 9.61. The predicted molar refractivity (Wildman–Crippen MR) is 316 cm³/mol.